The number of amides is 1. The zero-order chi connectivity index (χ0) is 14.1. The largest absolute Gasteiger partial charge is 0.352 e. The van der Waals surface area contributed by atoms with Gasteiger partial charge < -0.3 is 5.32 Å². The molecule has 0 aliphatic heterocycles. The van der Waals surface area contributed by atoms with Crippen LogP contribution >= 0.6 is 0 Å². The van der Waals surface area contributed by atoms with Crippen LogP contribution < -0.4 is 5.32 Å². The number of hydrogen-bond acceptors (Lipinski definition) is 2. The molecule has 19 heavy (non-hydrogen) atoms. The molecule has 1 aromatic carbocycles. The van der Waals surface area contributed by atoms with Crippen molar-refractivity contribution in [2.45, 2.75) is 33.1 Å². The standard InChI is InChI=1S/C16H21NO2/c1-3-4-8-11-17-16(19)15(13(2)18)12-14-9-6-5-7-10-14/h5-7,9-10,12H,3-4,8,11H2,1-2H3,(H,17,19)/b15-12-. The van der Waals surface area contributed by atoms with E-state index in [0.717, 1.165) is 24.8 Å². The molecule has 1 rings (SSSR count). The number of rotatable bonds is 7. The van der Waals surface area contributed by atoms with Crippen molar-refractivity contribution >= 4 is 17.8 Å². The summed E-state index contributed by atoms with van der Waals surface area (Å²) >= 11 is 0. The van der Waals surface area contributed by atoms with Crippen LogP contribution in [0, 0.1) is 0 Å². The van der Waals surface area contributed by atoms with Gasteiger partial charge in [-0.05, 0) is 25.0 Å². The molecule has 0 aromatic heterocycles. The maximum atomic E-state index is 12.0. The SMILES string of the molecule is CCCCCNC(=O)/C(=C\c1ccccc1)C(C)=O. The highest BCUT2D eigenvalue weighted by atomic mass is 16.2. The van der Waals surface area contributed by atoms with Crippen LogP contribution in [0.1, 0.15) is 38.7 Å². The fourth-order valence-corrected chi connectivity index (χ4v) is 1.72. The van der Waals surface area contributed by atoms with Crippen molar-refractivity contribution in [2.24, 2.45) is 0 Å². The number of benzene rings is 1. The molecule has 0 unspecified atom stereocenters. The van der Waals surface area contributed by atoms with E-state index in [9.17, 15) is 9.59 Å². The number of hydrogen-bond donors (Lipinski definition) is 1. The first-order chi connectivity index (χ1) is 9.15. The summed E-state index contributed by atoms with van der Waals surface area (Å²) in [6.07, 6.45) is 4.77. The molecule has 0 atom stereocenters. The predicted octanol–water partition coefficient (Wildman–Crippen LogP) is 2.97. The quantitative estimate of drug-likeness (QED) is 0.354. The summed E-state index contributed by atoms with van der Waals surface area (Å²) in [5, 5.41) is 2.79. The van der Waals surface area contributed by atoms with Crippen molar-refractivity contribution < 1.29 is 9.59 Å². The maximum absolute atomic E-state index is 12.0. The van der Waals surface area contributed by atoms with Crippen LogP contribution in [0.15, 0.2) is 35.9 Å². The predicted molar refractivity (Wildman–Crippen MR) is 77.6 cm³/mol. The lowest BCUT2D eigenvalue weighted by atomic mass is 10.1. The van der Waals surface area contributed by atoms with Crippen LogP contribution in [-0.2, 0) is 9.59 Å². The Balaban J connectivity index is 2.70. The first-order valence-corrected chi connectivity index (χ1v) is 6.71. The van der Waals surface area contributed by atoms with E-state index in [4.69, 9.17) is 0 Å². The average Bonchev–Trinajstić information content (AvgIpc) is 2.41. The molecule has 0 saturated carbocycles. The van der Waals surface area contributed by atoms with Gasteiger partial charge in [-0.2, -0.15) is 0 Å². The van der Waals surface area contributed by atoms with E-state index in [0.29, 0.717) is 6.54 Å². The average molecular weight is 259 g/mol. The molecular weight excluding hydrogens is 238 g/mol. The Morgan fingerprint density at radius 3 is 2.42 bits per heavy atom. The van der Waals surface area contributed by atoms with Crippen molar-refractivity contribution in [1.82, 2.24) is 5.32 Å². The summed E-state index contributed by atoms with van der Waals surface area (Å²) in [4.78, 5) is 23.5. The van der Waals surface area contributed by atoms with Crippen LogP contribution in [0.25, 0.3) is 6.08 Å². The van der Waals surface area contributed by atoms with Crippen LogP contribution in [0.2, 0.25) is 0 Å². The van der Waals surface area contributed by atoms with Gasteiger partial charge in [-0.3, -0.25) is 9.59 Å². The van der Waals surface area contributed by atoms with Crippen LogP contribution in [0.4, 0.5) is 0 Å². The van der Waals surface area contributed by atoms with E-state index in [1.807, 2.05) is 30.3 Å². The van der Waals surface area contributed by atoms with Crippen molar-refractivity contribution in [2.75, 3.05) is 6.54 Å². The molecule has 0 aliphatic rings. The molecule has 0 fully saturated rings. The minimum Gasteiger partial charge on any atom is -0.352 e. The molecule has 3 nitrogen and oxygen atoms in total. The van der Waals surface area contributed by atoms with E-state index < -0.39 is 0 Å². The molecule has 0 spiro atoms. The highest BCUT2D eigenvalue weighted by Crippen LogP contribution is 2.08. The molecule has 0 saturated heterocycles. The summed E-state index contributed by atoms with van der Waals surface area (Å²) in [5.41, 5.74) is 1.07. The van der Waals surface area contributed by atoms with Gasteiger partial charge in [-0.25, -0.2) is 0 Å². The van der Waals surface area contributed by atoms with E-state index >= 15 is 0 Å². The second-order valence-electron chi connectivity index (χ2n) is 4.49. The van der Waals surface area contributed by atoms with Gasteiger partial charge in [0.1, 0.15) is 0 Å². The van der Waals surface area contributed by atoms with Crippen LogP contribution in [0.5, 0.6) is 0 Å². The Hall–Kier alpha value is -1.90. The Bertz CT molecular complexity index is 449. The first kappa shape index (κ1) is 15.2. The highest BCUT2D eigenvalue weighted by molar-refractivity contribution is 6.21. The lowest BCUT2D eigenvalue weighted by molar-refractivity contribution is -0.121. The Kier molecular flexibility index (Phi) is 6.58. The van der Waals surface area contributed by atoms with Gasteiger partial charge in [-0.15, -0.1) is 0 Å². The molecule has 3 heteroatoms. The molecule has 1 amide bonds. The number of ketones is 1. The van der Waals surface area contributed by atoms with Gasteiger partial charge in [0.05, 0.1) is 5.57 Å². The summed E-state index contributed by atoms with van der Waals surface area (Å²) in [6.45, 7) is 4.14. The van der Waals surface area contributed by atoms with Crippen LogP contribution in [-0.4, -0.2) is 18.2 Å². The zero-order valence-electron chi connectivity index (χ0n) is 11.6. The first-order valence-electron chi connectivity index (χ1n) is 6.71. The molecule has 1 aromatic rings. The Morgan fingerprint density at radius 1 is 1.16 bits per heavy atom. The third-order valence-electron chi connectivity index (χ3n) is 2.80. The minimum atomic E-state index is -0.285. The van der Waals surface area contributed by atoms with Gasteiger partial charge in [0, 0.05) is 6.54 Å². The molecule has 102 valence electrons. The van der Waals surface area contributed by atoms with Crippen molar-refractivity contribution in [3.8, 4) is 0 Å². The zero-order valence-corrected chi connectivity index (χ0v) is 11.6. The van der Waals surface area contributed by atoms with Gasteiger partial charge in [0.15, 0.2) is 5.78 Å². The van der Waals surface area contributed by atoms with Crippen molar-refractivity contribution in [3.05, 3.63) is 41.5 Å². The second-order valence-corrected chi connectivity index (χ2v) is 4.49. The van der Waals surface area contributed by atoms with Gasteiger partial charge in [0.25, 0.3) is 5.91 Å². The highest BCUT2D eigenvalue weighted by Gasteiger charge is 2.13. The van der Waals surface area contributed by atoms with E-state index in [-0.39, 0.29) is 17.3 Å². The summed E-state index contributed by atoms with van der Waals surface area (Å²) in [5.74, 6) is -0.496. The summed E-state index contributed by atoms with van der Waals surface area (Å²) < 4.78 is 0. The number of Topliss-reactive ketones (excluding diaryl/α,β-unsaturated/α-hetero) is 1. The maximum Gasteiger partial charge on any atom is 0.254 e. The molecule has 0 bridgehead atoms. The van der Waals surface area contributed by atoms with Crippen molar-refractivity contribution in [1.29, 1.82) is 0 Å². The topological polar surface area (TPSA) is 46.2 Å². The fourth-order valence-electron chi connectivity index (χ4n) is 1.72. The van der Waals surface area contributed by atoms with Crippen molar-refractivity contribution in [3.63, 3.8) is 0 Å². The Labute approximate surface area is 114 Å². The smallest absolute Gasteiger partial charge is 0.254 e. The number of carbonyl (C=O) groups excluding carboxylic acids is 2. The molecule has 0 radical (unpaired) electrons. The van der Waals surface area contributed by atoms with Crippen LogP contribution in [0.3, 0.4) is 0 Å². The normalized spacial score (nSPS) is 11.2. The second kappa shape index (κ2) is 8.25. The van der Waals surface area contributed by atoms with E-state index in [1.54, 1.807) is 6.08 Å². The fraction of sp³-hybridized carbons (Fsp3) is 0.375. The molecule has 0 heterocycles. The summed E-state index contributed by atoms with van der Waals surface area (Å²) in [7, 11) is 0. The van der Waals surface area contributed by atoms with Gasteiger partial charge in [-0.1, -0.05) is 50.1 Å². The van der Waals surface area contributed by atoms with Gasteiger partial charge in [0.2, 0.25) is 0 Å². The lowest BCUT2D eigenvalue weighted by Gasteiger charge is -2.06. The number of carbonyl (C=O) groups is 2. The third kappa shape index (κ3) is 5.51. The van der Waals surface area contributed by atoms with Gasteiger partial charge >= 0.3 is 0 Å². The molecule has 1 N–H and O–H groups in total. The van der Waals surface area contributed by atoms with E-state index in [2.05, 4.69) is 12.2 Å². The molecule has 0 aliphatic carbocycles. The monoisotopic (exact) mass is 259 g/mol. The lowest BCUT2D eigenvalue weighted by Crippen LogP contribution is -2.28. The third-order valence-corrected chi connectivity index (χ3v) is 2.80. The van der Waals surface area contributed by atoms with E-state index in [1.165, 1.54) is 6.92 Å². The minimum absolute atomic E-state index is 0.211. The number of nitrogens with one attached hydrogen (secondary N) is 1. The summed E-state index contributed by atoms with van der Waals surface area (Å²) in [6, 6.07) is 9.39. The Morgan fingerprint density at radius 2 is 1.84 bits per heavy atom. The number of unbranched alkanes of at least 4 members (excludes halogenated alkanes) is 2. The molecular formula is C16H21NO2.